The van der Waals surface area contributed by atoms with E-state index in [2.05, 4.69) is 22.2 Å². The zero-order valence-corrected chi connectivity index (χ0v) is 14.7. The van der Waals surface area contributed by atoms with Gasteiger partial charge in [0.2, 0.25) is 5.91 Å². The second-order valence-electron chi connectivity index (χ2n) is 6.11. The lowest BCUT2D eigenvalue weighted by Gasteiger charge is -2.40. The first-order valence-electron chi connectivity index (χ1n) is 7.95. The van der Waals surface area contributed by atoms with E-state index >= 15 is 0 Å². The summed E-state index contributed by atoms with van der Waals surface area (Å²) in [6, 6.07) is 4.36. The maximum atomic E-state index is 12.7. The third-order valence-corrected chi connectivity index (χ3v) is 5.45. The number of phenols is 1. The fourth-order valence-electron chi connectivity index (χ4n) is 2.77. The second-order valence-corrected chi connectivity index (χ2v) is 6.97. The molecule has 3 N–H and O–H groups in total. The molecular formula is C18H19N3O3S. The van der Waals surface area contributed by atoms with Crippen molar-refractivity contribution < 1.29 is 14.7 Å². The Morgan fingerprint density at radius 2 is 2.16 bits per heavy atom. The average Bonchev–Trinajstić information content (AvgIpc) is 2.99. The Morgan fingerprint density at radius 1 is 1.40 bits per heavy atom. The number of aromatic hydroxyl groups is 1. The molecule has 0 unspecified atom stereocenters. The standard InChI is InChI=1S/C18H19N3O3S/c1-3-15(23)20-12-5-6-14(22)13(9-12)16(24)21-18(7-4-8-18)17-19-11(2)10-25-17/h3,5-6,9-10,22H,1,4,7-8H2,2H3,(H,20,23)(H,21,24). The summed E-state index contributed by atoms with van der Waals surface area (Å²) in [6.45, 7) is 5.31. The minimum Gasteiger partial charge on any atom is -0.507 e. The van der Waals surface area contributed by atoms with Crippen LogP contribution in [0.4, 0.5) is 5.69 Å². The van der Waals surface area contributed by atoms with Gasteiger partial charge in [-0.3, -0.25) is 9.59 Å². The molecule has 6 nitrogen and oxygen atoms in total. The van der Waals surface area contributed by atoms with Crippen LogP contribution in [-0.2, 0) is 10.3 Å². The van der Waals surface area contributed by atoms with Gasteiger partial charge in [-0.2, -0.15) is 0 Å². The maximum Gasteiger partial charge on any atom is 0.255 e. The van der Waals surface area contributed by atoms with Gasteiger partial charge in [0.1, 0.15) is 10.8 Å². The highest BCUT2D eigenvalue weighted by Crippen LogP contribution is 2.43. The molecule has 3 rings (SSSR count). The van der Waals surface area contributed by atoms with Crippen molar-refractivity contribution in [1.29, 1.82) is 0 Å². The minimum absolute atomic E-state index is 0.112. The van der Waals surface area contributed by atoms with Gasteiger partial charge in [0.05, 0.1) is 11.1 Å². The number of amides is 2. The number of nitrogens with zero attached hydrogens (tertiary/aromatic N) is 1. The molecule has 1 heterocycles. The van der Waals surface area contributed by atoms with E-state index in [-0.39, 0.29) is 23.1 Å². The first-order chi connectivity index (χ1) is 11.9. The van der Waals surface area contributed by atoms with Gasteiger partial charge in [0.25, 0.3) is 5.91 Å². The molecule has 2 amide bonds. The normalized spacial score (nSPS) is 15.1. The third-order valence-electron chi connectivity index (χ3n) is 4.28. The average molecular weight is 357 g/mol. The van der Waals surface area contributed by atoms with Gasteiger partial charge in [-0.15, -0.1) is 11.3 Å². The summed E-state index contributed by atoms with van der Waals surface area (Å²) in [7, 11) is 0. The molecule has 7 heteroatoms. The minimum atomic E-state index is -0.469. The molecule has 0 aliphatic heterocycles. The quantitative estimate of drug-likeness (QED) is 0.566. The maximum absolute atomic E-state index is 12.7. The summed E-state index contributed by atoms with van der Waals surface area (Å²) >= 11 is 1.53. The Balaban J connectivity index is 1.84. The Hall–Kier alpha value is -2.67. The number of rotatable bonds is 5. The fraction of sp³-hybridized carbons (Fsp3) is 0.278. The Bertz CT molecular complexity index is 840. The van der Waals surface area contributed by atoms with Crippen molar-refractivity contribution in [1.82, 2.24) is 10.3 Å². The molecule has 130 valence electrons. The predicted molar refractivity (Wildman–Crippen MR) is 96.8 cm³/mol. The Kier molecular flexibility index (Phi) is 4.59. The van der Waals surface area contributed by atoms with Crippen molar-refractivity contribution in [3.05, 3.63) is 52.5 Å². The van der Waals surface area contributed by atoms with Gasteiger partial charge >= 0.3 is 0 Å². The van der Waals surface area contributed by atoms with Gasteiger partial charge in [0.15, 0.2) is 0 Å². The summed E-state index contributed by atoms with van der Waals surface area (Å²) in [5, 5.41) is 18.5. The molecule has 1 aromatic carbocycles. The number of thiazole rings is 1. The Morgan fingerprint density at radius 3 is 2.72 bits per heavy atom. The number of benzene rings is 1. The number of carbonyl (C=O) groups is 2. The number of carbonyl (C=O) groups excluding carboxylic acids is 2. The summed E-state index contributed by atoms with van der Waals surface area (Å²) in [6.07, 6.45) is 3.79. The number of aromatic nitrogens is 1. The highest BCUT2D eigenvalue weighted by Gasteiger charge is 2.43. The van der Waals surface area contributed by atoms with E-state index < -0.39 is 5.54 Å². The molecular weight excluding hydrogens is 338 g/mol. The lowest BCUT2D eigenvalue weighted by molar-refractivity contribution is -0.111. The van der Waals surface area contributed by atoms with Crippen LogP contribution in [0.3, 0.4) is 0 Å². The van der Waals surface area contributed by atoms with Gasteiger partial charge in [-0.1, -0.05) is 6.58 Å². The largest absolute Gasteiger partial charge is 0.507 e. The number of phenolic OH excluding ortho intramolecular Hbond substituents is 1. The molecule has 1 fully saturated rings. The van der Waals surface area contributed by atoms with Crippen molar-refractivity contribution in [3.63, 3.8) is 0 Å². The highest BCUT2D eigenvalue weighted by atomic mass is 32.1. The van der Waals surface area contributed by atoms with Crippen LogP contribution in [0.15, 0.2) is 36.2 Å². The van der Waals surface area contributed by atoms with E-state index in [4.69, 9.17) is 0 Å². The molecule has 2 aromatic rings. The van der Waals surface area contributed by atoms with Gasteiger partial charge in [-0.25, -0.2) is 4.98 Å². The SMILES string of the molecule is C=CC(=O)Nc1ccc(O)c(C(=O)NC2(c3nc(C)cs3)CCC2)c1. The lowest BCUT2D eigenvalue weighted by atomic mass is 9.77. The van der Waals surface area contributed by atoms with Crippen molar-refractivity contribution in [2.24, 2.45) is 0 Å². The molecule has 1 saturated carbocycles. The topological polar surface area (TPSA) is 91.3 Å². The third kappa shape index (κ3) is 3.41. The lowest BCUT2D eigenvalue weighted by Crippen LogP contribution is -2.50. The van der Waals surface area contributed by atoms with Gasteiger partial charge in [0, 0.05) is 16.8 Å². The van der Waals surface area contributed by atoms with E-state index in [0.717, 1.165) is 36.0 Å². The summed E-state index contributed by atoms with van der Waals surface area (Å²) in [5.41, 5.74) is 0.988. The van der Waals surface area contributed by atoms with E-state index in [1.807, 2.05) is 12.3 Å². The van der Waals surface area contributed by atoms with Crippen molar-refractivity contribution in [3.8, 4) is 5.75 Å². The summed E-state index contributed by atoms with van der Waals surface area (Å²) in [4.78, 5) is 28.7. The second kappa shape index (κ2) is 6.68. The first kappa shape index (κ1) is 17.2. The van der Waals surface area contributed by atoms with Gasteiger partial charge in [-0.05, 0) is 50.5 Å². The van der Waals surface area contributed by atoms with Crippen LogP contribution < -0.4 is 10.6 Å². The smallest absolute Gasteiger partial charge is 0.255 e. The van der Waals surface area contributed by atoms with E-state index in [9.17, 15) is 14.7 Å². The molecule has 1 aliphatic carbocycles. The predicted octanol–water partition coefficient (Wildman–Crippen LogP) is 3.09. The van der Waals surface area contributed by atoms with Crippen molar-refractivity contribution >= 4 is 28.8 Å². The monoisotopic (exact) mass is 357 g/mol. The van der Waals surface area contributed by atoms with Crippen LogP contribution in [0.1, 0.15) is 40.3 Å². The molecule has 1 aliphatic rings. The number of nitrogens with one attached hydrogen (secondary N) is 2. The van der Waals surface area contributed by atoms with Crippen LogP contribution in [-0.4, -0.2) is 21.9 Å². The van der Waals surface area contributed by atoms with Crippen LogP contribution >= 0.6 is 11.3 Å². The summed E-state index contributed by atoms with van der Waals surface area (Å²) in [5.74, 6) is -0.913. The Labute approximate surface area is 149 Å². The molecule has 0 radical (unpaired) electrons. The molecule has 25 heavy (non-hydrogen) atoms. The molecule has 0 spiro atoms. The number of anilines is 1. The first-order valence-corrected chi connectivity index (χ1v) is 8.83. The van der Waals surface area contributed by atoms with Gasteiger partial charge < -0.3 is 15.7 Å². The van der Waals surface area contributed by atoms with Crippen LogP contribution in [0, 0.1) is 6.92 Å². The molecule has 0 saturated heterocycles. The molecule has 1 aromatic heterocycles. The zero-order chi connectivity index (χ0) is 18.0. The van der Waals surface area contributed by atoms with Crippen LogP contribution in [0.5, 0.6) is 5.75 Å². The highest BCUT2D eigenvalue weighted by molar-refractivity contribution is 7.09. The molecule has 0 bridgehead atoms. The van der Waals surface area contributed by atoms with E-state index in [1.54, 1.807) is 0 Å². The van der Waals surface area contributed by atoms with Crippen LogP contribution in [0.2, 0.25) is 0 Å². The van der Waals surface area contributed by atoms with E-state index in [1.165, 1.54) is 29.5 Å². The number of aryl methyl sites for hydroxylation is 1. The van der Waals surface area contributed by atoms with Crippen molar-refractivity contribution in [2.75, 3.05) is 5.32 Å². The zero-order valence-electron chi connectivity index (χ0n) is 13.8. The number of hydrogen-bond donors (Lipinski definition) is 3. The van der Waals surface area contributed by atoms with Crippen molar-refractivity contribution in [2.45, 2.75) is 31.7 Å². The fourth-order valence-corrected chi connectivity index (χ4v) is 3.78. The summed E-state index contributed by atoms with van der Waals surface area (Å²) < 4.78 is 0. The molecule has 0 atom stereocenters. The number of hydrogen-bond acceptors (Lipinski definition) is 5. The van der Waals surface area contributed by atoms with Crippen LogP contribution in [0.25, 0.3) is 0 Å². The van der Waals surface area contributed by atoms with E-state index in [0.29, 0.717) is 5.69 Å².